The van der Waals surface area contributed by atoms with Crippen LogP contribution in [0.5, 0.6) is 0 Å². The van der Waals surface area contributed by atoms with Gasteiger partial charge >= 0.3 is 0 Å². The highest BCUT2D eigenvalue weighted by Gasteiger charge is 2.41. The van der Waals surface area contributed by atoms with Crippen LogP contribution in [0, 0.1) is 5.92 Å². The number of ether oxygens (including phenoxy) is 2. The molecule has 2 amide bonds. The Morgan fingerprint density at radius 3 is 2.70 bits per heavy atom. The van der Waals surface area contributed by atoms with Crippen molar-refractivity contribution in [2.45, 2.75) is 52.0 Å². The number of amides is 2. The zero-order chi connectivity index (χ0) is 17.0. The van der Waals surface area contributed by atoms with Crippen molar-refractivity contribution in [1.82, 2.24) is 10.6 Å². The first-order valence-corrected chi connectivity index (χ1v) is 7.72. The third kappa shape index (κ3) is 4.33. The lowest BCUT2D eigenvalue weighted by Crippen LogP contribution is -2.58. The van der Waals surface area contributed by atoms with Gasteiger partial charge in [0, 0.05) is 0 Å². The maximum Gasteiger partial charge on any atom is 0.255 e. The molecule has 3 unspecified atom stereocenters. The molecule has 0 radical (unpaired) electrons. The summed E-state index contributed by atoms with van der Waals surface area (Å²) < 4.78 is 15.7. The van der Waals surface area contributed by atoms with Gasteiger partial charge in [0.1, 0.15) is 25.2 Å². The largest absolute Gasteiger partial charge is 0.472 e. The third-order valence-corrected chi connectivity index (χ3v) is 3.94. The molecule has 1 aliphatic rings. The molecule has 7 heteroatoms. The molecule has 7 nitrogen and oxygen atoms in total. The van der Waals surface area contributed by atoms with Crippen molar-refractivity contribution < 1.29 is 23.5 Å². The molecule has 3 atom stereocenters. The molecule has 1 saturated heterocycles. The van der Waals surface area contributed by atoms with E-state index in [0.29, 0.717) is 12.0 Å². The van der Waals surface area contributed by atoms with Gasteiger partial charge in [-0.25, -0.2) is 0 Å². The van der Waals surface area contributed by atoms with Crippen LogP contribution in [0.1, 0.15) is 44.5 Å². The van der Waals surface area contributed by atoms with Crippen LogP contribution < -0.4 is 10.6 Å². The van der Waals surface area contributed by atoms with Crippen LogP contribution >= 0.6 is 0 Å². The topological polar surface area (TPSA) is 89.8 Å². The second-order valence-electron chi connectivity index (χ2n) is 6.34. The molecule has 23 heavy (non-hydrogen) atoms. The van der Waals surface area contributed by atoms with Crippen molar-refractivity contribution in [2.24, 2.45) is 5.92 Å². The van der Waals surface area contributed by atoms with Gasteiger partial charge < -0.3 is 24.5 Å². The number of hydrogen-bond acceptors (Lipinski definition) is 5. The van der Waals surface area contributed by atoms with E-state index in [0.717, 1.165) is 0 Å². The van der Waals surface area contributed by atoms with Crippen LogP contribution in [0.15, 0.2) is 23.0 Å². The van der Waals surface area contributed by atoms with E-state index < -0.39 is 11.8 Å². The molecule has 1 aromatic heterocycles. The van der Waals surface area contributed by atoms with Crippen molar-refractivity contribution in [3.05, 3.63) is 24.2 Å². The number of carbonyl (C=O) groups is 2. The van der Waals surface area contributed by atoms with Gasteiger partial charge in [0.25, 0.3) is 5.91 Å². The normalized spacial score (nSPS) is 25.3. The van der Waals surface area contributed by atoms with E-state index in [4.69, 9.17) is 13.9 Å². The van der Waals surface area contributed by atoms with Crippen LogP contribution in [0.4, 0.5) is 0 Å². The second kappa shape index (κ2) is 7.14. The monoisotopic (exact) mass is 324 g/mol. The van der Waals surface area contributed by atoms with Gasteiger partial charge in [-0.1, -0.05) is 13.8 Å². The lowest BCUT2D eigenvalue weighted by Gasteiger charge is -2.30. The maximum absolute atomic E-state index is 12.6. The Morgan fingerprint density at radius 2 is 2.17 bits per heavy atom. The quantitative estimate of drug-likeness (QED) is 0.830. The molecule has 2 N–H and O–H groups in total. The van der Waals surface area contributed by atoms with Crippen LogP contribution in [-0.2, 0) is 14.3 Å². The molecular weight excluding hydrogens is 300 g/mol. The minimum atomic E-state index is -0.896. The minimum absolute atomic E-state index is 0.133. The SMILES string of the molecule is CC(C)CC(NC(=O)c1ccoc1)C(=O)NC1(C)OCOC1C. The van der Waals surface area contributed by atoms with E-state index in [-0.39, 0.29) is 30.6 Å². The first-order chi connectivity index (χ1) is 10.8. The summed E-state index contributed by atoms with van der Waals surface area (Å²) in [6.07, 6.45) is 3.01. The molecule has 0 spiro atoms. The molecule has 128 valence electrons. The molecule has 0 saturated carbocycles. The first-order valence-electron chi connectivity index (χ1n) is 7.72. The van der Waals surface area contributed by atoms with Crippen LogP contribution in [0.25, 0.3) is 0 Å². The molecule has 1 fully saturated rings. The predicted molar refractivity (Wildman–Crippen MR) is 82.5 cm³/mol. The molecule has 0 bridgehead atoms. The number of rotatable bonds is 6. The van der Waals surface area contributed by atoms with E-state index in [1.807, 2.05) is 20.8 Å². The molecule has 0 aliphatic carbocycles. The van der Waals surface area contributed by atoms with E-state index >= 15 is 0 Å². The van der Waals surface area contributed by atoms with Crippen LogP contribution in [-0.4, -0.2) is 36.5 Å². The smallest absolute Gasteiger partial charge is 0.255 e. The zero-order valence-corrected chi connectivity index (χ0v) is 13.9. The lowest BCUT2D eigenvalue weighted by atomic mass is 10.0. The van der Waals surface area contributed by atoms with E-state index in [1.165, 1.54) is 12.5 Å². The summed E-state index contributed by atoms with van der Waals surface area (Å²) in [6, 6.07) is 0.891. The standard InChI is InChI=1S/C16H24N2O5/c1-10(2)7-13(17-14(19)12-5-6-21-8-12)15(20)18-16(4)11(3)22-9-23-16/h5-6,8,10-11,13H,7,9H2,1-4H3,(H,17,19)(H,18,20). The number of hydrogen-bond donors (Lipinski definition) is 2. The summed E-state index contributed by atoms with van der Waals surface area (Å²) in [5.74, 6) is -0.405. The molecule has 2 rings (SSSR count). The van der Waals surface area contributed by atoms with Crippen LogP contribution in [0.3, 0.4) is 0 Å². The van der Waals surface area contributed by atoms with Gasteiger partial charge in [0.2, 0.25) is 5.91 Å². The molecular formula is C16H24N2O5. The number of nitrogens with one attached hydrogen (secondary N) is 2. The molecule has 1 aromatic rings. The first kappa shape index (κ1) is 17.5. The fraction of sp³-hybridized carbons (Fsp3) is 0.625. The number of furan rings is 1. The summed E-state index contributed by atoms with van der Waals surface area (Å²) in [5.41, 5.74) is -0.515. The predicted octanol–water partition coefficient (Wildman–Crippen LogP) is 1.65. The van der Waals surface area contributed by atoms with E-state index in [1.54, 1.807) is 13.0 Å². The van der Waals surface area contributed by atoms with Crippen molar-refractivity contribution in [3.63, 3.8) is 0 Å². The Kier molecular flexibility index (Phi) is 5.43. The Labute approximate surface area is 135 Å². The maximum atomic E-state index is 12.6. The van der Waals surface area contributed by atoms with E-state index in [2.05, 4.69) is 10.6 Å². The van der Waals surface area contributed by atoms with Gasteiger partial charge in [0.15, 0.2) is 5.72 Å². The van der Waals surface area contributed by atoms with Crippen molar-refractivity contribution >= 4 is 11.8 Å². The summed E-state index contributed by atoms with van der Waals surface area (Å²) in [7, 11) is 0. The highest BCUT2D eigenvalue weighted by molar-refractivity contribution is 5.97. The summed E-state index contributed by atoms with van der Waals surface area (Å²) in [4.78, 5) is 24.8. The molecule has 0 aromatic carbocycles. The average Bonchev–Trinajstić information content (AvgIpc) is 3.09. The fourth-order valence-electron chi connectivity index (χ4n) is 2.34. The highest BCUT2D eigenvalue weighted by atomic mass is 16.7. The molecule has 2 heterocycles. The molecule has 1 aliphatic heterocycles. The van der Waals surface area contributed by atoms with Crippen molar-refractivity contribution in [1.29, 1.82) is 0 Å². The Morgan fingerprint density at radius 1 is 1.43 bits per heavy atom. The summed E-state index contributed by atoms with van der Waals surface area (Å²) in [5, 5.41) is 5.59. The summed E-state index contributed by atoms with van der Waals surface area (Å²) >= 11 is 0. The second-order valence-corrected chi connectivity index (χ2v) is 6.34. The van der Waals surface area contributed by atoms with Gasteiger partial charge in [-0.15, -0.1) is 0 Å². The van der Waals surface area contributed by atoms with Gasteiger partial charge in [-0.05, 0) is 32.3 Å². The van der Waals surface area contributed by atoms with Crippen molar-refractivity contribution in [2.75, 3.05) is 6.79 Å². The van der Waals surface area contributed by atoms with Crippen molar-refractivity contribution in [3.8, 4) is 0 Å². The minimum Gasteiger partial charge on any atom is -0.472 e. The highest BCUT2D eigenvalue weighted by Crippen LogP contribution is 2.22. The third-order valence-electron chi connectivity index (χ3n) is 3.94. The Hall–Kier alpha value is -1.86. The van der Waals surface area contributed by atoms with Gasteiger partial charge in [0.05, 0.1) is 11.8 Å². The summed E-state index contributed by atoms with van der Waals surface area (Å²) in [6.45, 7) is 7.70. The fourth-order valence-corrected chi connectivity index (χ4v) is 2.34. The Bertz CT molecular complexity index is 543. The zero-order valence-electron chi connectivity index (χ0n) is 13.9. The number of carbonyl (C=O) groups excluding carboxylic acids is 2. The lowest BCUT2D eigenvalue weighted by molar-refractivity contribution is -0.131. The van der Waals surface area contributed by atoms with Gasteiger partial charge in [-0.2, -0.15) is 0 Å². The van der Waals surface area contributed by atoms with Gasteiger partial charge in [-0.3, -0.25) is 9.59 Å². The Balaban J connectivity index is 2.05. The average molecular weight is 324 g/mol. The van der Waals surface area contributed by atoms with E-state index in [9.17, 15) is 9.59 Å². The van der Waals surface area contributed by atoms with Crippen LogP contribution in [0.2, 0.25) is 0 Å².